The number of hydrogen-bond donors (Lipinski definition) is 2. The predicted molar refractivity (Wildman–Crippen MR) is 62.6 cm³/mol. The molecule has 0 atom stereocenters. The lowest BCUT2D eigenvalue weighted by Gasteiger charge is -1.99. The molecule has 0 fully saturated rings. The van der Waals surface area contributed by atoms with Gasteiger partial charge in [0.2, 0.25) is 5.13 Å². The van der Waals surface area contributed by atoms with E-state index in [1.54, 1.807) is 0 Å². The fourth-order valence-electron chi connectivity index (χ4n) is 1.18. The molecular formula is C9H14N6S. The van der Waals surface area contributed by atoms with Gasteiger partial charge in [-0.05, 0) is 0 Å². The molecule has 0 aliphatic heterocycles. The van der Waals surface area contributed by atoms with Crippen LogP contribution in [-0.2, 0) is 6.42 Å². The summed E-state index contributed by atoms with van der Waals surface area (Å²) in [6, 6.07) is 0. The molecule has 0 saturated carbocycles. The fourth-order valence-corrected chi connectivity index (χ4v) is 1.91. The third-order valence-corrected chi connectivity index (χ3v) is 2.75. The topological polar surface area (TPSA) is 79.4 Å². The summed E-state index contributed by atoms with van der Waals surface area (Å²) in [6.45, 7) is 4.95. The van der Waals surface area contributed by atoms with Crippen molar-refractivity contribution in [2.24, 2.45) is 0 Å². The van der Waals surface area contributed by atoms with E-state index in [1.807, 2.05) is 0 Å². The Morgan fingerprint density at radius 2 is 2.38 bits per heavy atom. The molecule has 0 saturated heterocycles. The summed E-state index contributed by atoms with van der Waals surface area (Å²) in [5.74, 6) is 2.15. The molecule has 7 heteroatoms. The van der Waals surface area contributed by atoms with Gasteiger partial charge in [0.05, 0.1) is 0 Å². The van der Waals surface area contributed by atoms with Crippen molar-refractivity contribution in [2.45, 2.75) is 26.2 Å². The van der Waals surface area contributed by atoms with E-state index >= 15 is 0 Å². The number of rotatable bonds is 5. The zero-order valence-corrected chi connectivity index (χ0v) is 10.1. The van der Waals surface area contributed by atoms with Gasteiger partial charge in [-0.1, -0.05) is 13.8 Å². The smallest absolute Gasteiger partial charge is 0.202 e. The van der Waals surface area contributed by atoms with Gasteiger partial charge in [-0.3, -0.25) is 5.10 Å². The molecule has 16 heavy (non-hydrogen) atoms. The highest BCUT2D eigenvalue weighted by Crippen LogP contribution is 2.16. The second-order valence-electron chi connectivity index (χ2n) is 3.72. The van der Waals surface area contributed by atoms with Crippen LogP contribution in [0.25, 0.3) is 0 Å². The van der Waals surface area contributed by atoms with Gasteiger partial charge >= 0.3 is 0 Å². The average molecular weight is 238 g/mol. The molecule has 2 aromatic heterocycles. The Morgan fingerprint density at radius 3 is 3.00 bits per heavy atom. The Balaban J connectivity index is 1.81. The van der Waals surface area contributed by atoms with Gasteiger partial charge in [0.15, 0.2) is 0 Å². The number of nitrogens with one attached hydrogen (secondary N) is 2. The van der Waals surface area contributed by atoms with Crippen LogP contribution in [-0.4, -0.2) is 31.1 Å². The van der Waals surface area contributed by atoms with E-state index in [0.29, 0.717) is 5.92 Å². The van der Waals surface area contributed by atoms with Crippen LogP contribution in [0, 0.1) is 0 Å². The van der Waals surface area contributed by atoms with E-state index in [9.17, 15) is 0 Å². The third-order valence-electron chi connectivity index (χ3n) is 2.06. The molecule has 0 aliphatic rings. The van der Waals surface area contributed by atoms with Gasteiger partial charge in [0.25, 0.3) is 0 Å². The zero-order valence-electron chi connectivity index (χ0n) is 9.27. The van der Waals surface area contributed by atoms with Gasteiger partial charge in [-0.15, -0.1) is 0 Å². The van der Waals surface area contributed by atoms with Crippen molar-refractivity contribution < 1.29 is 0 Å². The predicted octanol–water partition coefficient (Wildman–Crippen LogP) is 1.43. The normalized spacial score (nSPS) is 10.9. The number of aromatic amines is 1. The summed E-state index contributed by atoms with van der Waals surface area (Å²) < 4.78 is 4.26. The molecule has 86 valence electrons. The molecule has 2 heterocycles. The van der Waals surface area contributed by atoms with Crippen molar-refractivity contribution in [2.75, 3.05) is 11.9 Å². The lowest BCUT2D eigenvalue weighted by molar-refractivity contribution is 0.798. The molecule has 0 unspecified atom stereocenters. The highest BCUT2D eigenvalue weighted by atomic mass is 32.1. The van der Waals surface area contributed by atoms with Gasteiger partial charge in [0.1, 0.15) is 18.0 Å². The van der Waals surface area contributed by atoms with Crippen LogP contribution in [0.2, 0.25) is 0 Å². The van der Waals surface area contributed by atoms with Crippen LogP contribution < -0.4 is 5.32 Å². The fraction of sp³-hybridized carbons (Fsp3) is 0.556. The molecule has 2 aromatic rings. The van der Waals surface area contributed by atoms with Crippen LogP contribution in [0.5, 0.6) is 0 Å². The summed E-state index contributed by atoms with van der Waals surface area (Å²) >= 11 is 1.40. The number of hydrogen-bond acceptors (Lipinski definition) is 6. The van der Waals surface area contributed by atoms with Crippen LogP contribution in [0.3, 0.4) is 0 Å². The summed E-state index contributed by atoms with van der Waals surface area (Å²) in [5, 5.41) is 10.7. The molecule has 2 N–H and O–H groups in total. The van der Waals surface area contributed by atoms with Crippen LogP contribution in [0.1, 0.15) is 31.4 Å². The summed E-state index contributed by atoms with van der Waals surface area (Å²) in [5.41, 5.74) is 0. The second-order valence-corrected chi connectivity index (χ2v) is 4.47. The van der Waals surface area contributed by atoms with E-state index in [1.165, 1.54) is 17.9 Å². The highest BCUT2D eigenvalue weighted by Gasteiger charge is 2.06. The van der Waals surface area contributed by atoms with Crippen molar-refractivity contribution >= 4 is 16.7 Å². The van der Waals surface area contributed by atoms with Crippen LogP contribution in [0.15, 0.2) is 6.33 Å². The van der Waals surface area contributed by atoms with Gasteiger partial charge in [0, 0.05) is 30.4 Å². The van der Waals surface area contributed by atoms with Crippen molar-refractivity contribution in [3.63, 3.8) is 0 Å². The second kappa shape index (κ2) is 5.02. The standard InChI is InChI=1S/C9H14N6S/c1-6(2)8-13-9(16-15-8)10-4-3-7-11-5-12-14-7/h5-6H,3-4H2,1-2H3,(H,10,13,15)(H,11,12,14). The molecule has 0 amide bonds. The SMILES string of the molecule is CC(C)c1nsc(NCCc2ncn[nH]2)n1. The van der Waals surface area contributed by atoms with E-state index in [-0.39, 0.29) is 0 Å². The molecule has 0 aromatic carbocycles. The van der Waals surface area contributed by atoms with Crippen LogP contribution >= 0.6 is 11.5 Å². The minimum atomic E-state index is 0.376. The minimum absolute atomic E-state index is 0.376. The maximum atomic E-state index is 4.38. The van der Waals surface area contributed by atoms with Crippen molar-refractivity contribution in [3.05, 3.63) is 18.0 Å². The van der Waals surface area contributed by atoms with Crippen LogP contribution in [0.4, 0.5) is 5.13 Å². The first kappa shape index (κ1) is 11.0. The first-order valence-corrected chi connectivity index (χ1v) is 5.95. The van der Waals surface area contributed by atoms with Crippen molar-refractivity contribution in [3.8, 4) is 0 Å². The van der Waals surface area contributed by atoms with Crippen molar-refractivity contribution in [1.82, 2.24) is 24.5 Å². The quantitative estimate of drug-likeness (QED) is 0.823. The lowest BCUT2D eigenvalue weighted by Crippen LogP contribution is -2.05. The Hall–Kier alpha value is -1.50. The number of aromatic nitrogens is 5. The molecule has 0 bridgehead atoms. The first-order valence-electron chi connectivity index (χ1n) is 5.17. The number of H-pyrrole nitrogens is 1. The Kier molecular flexibility index (Phi) is 3.45. The Bertz CT molecular complexity index is 421. The number of nitrogens with zero attached hydrogens (tertiary/aromatic N) is 4. The first-order chi connectivity index (χ1) is 7.75. The largest absolute Gasteiger partial charge is 0.360 e. The minimum Gasteiger partial charge on any atom is -0.360 e. The summed E-state index contributed by atoms with van der Waals surface area (Å²) in [6.07, 6.45) is 2.31. The summed E-state index contributed by atoms with van der Waals surface area (Å²) in [7, 11) is 0. The van der Waals surface area contributed by atoms with Gasteiger partial charge < -0.3 is 5.32 Å². The number of anilines is 1. The lowest BCUT2D eigenvalue weighted by atomic mass is 10.2. The monoisotopic (exact) mass is 238 g/mol. The average Bonchev–Trinajstić information content (AvgIpc) is 2.87. The Morgan fingerprint density at radius 1 is 1.50 bits per heavy atom. The van der Waals surface area contributed by atoms with Crippen molar-refractivity contribution in [1.29, 1.82) is 0 Å². The Labute approximate surface area is 97.7 Å². The van der Waals surface area contributed by atoms with E-state index in [0.717, 1.165) is 29.7 Å². The summed E-state index contributed by atoms with van der Waals surface area (Å²) in [4.78, 5) is 8.42. The molecule has 2 rings (SSSR count). The maximum absolute atomic E-state index is 4.38. The zero-order chi connectivity index (χ0) is 11.4. The van der Waals surface area contributed by atoms with Gasteiger partial charge in [-0.2, -0.15) is 9.47 Å². The molecule has 0 radical (unpaired) electrons. The maximum Gasteiger partial charge on any atom is 0.202 e. The highest BCUT2D eigenvalue weighted by molar-refractivity contribution is 7.09. The van der Waals surface area contributed by atoms with Gasteiger partial charge in [-0.25, -0.2) is 9.97 Å². The van der Waals surface area contributed by atoms with E-state index in [4.69, 9.17) is 0 Å². The third kappa shape index (κ3) is 2.75. The molecule has 0 spiro atoms. The molecule has 6 nitrogen and oxygen atoms in total. The molecule has 0 aliphatic carbocycles. The molecular weight excluding hydrogens is 224 g/mol. The van der Waals surface area contributed by atoms with E-state index < -0.39 is 0 Å². The van der Waals surface area contributed by atoms with E-state index in [2.05, 4.69) is 43.7 Å².